The molecule has 0 aromatic heterocycles. The smallest absolute Gasteiger partial charge is 0.310 e. The predicted molar refractivity (Wildman–Crippen MR) is 108 cm³/mol. The molecule has 1 aliphatic rings. The zero-order chi connectivity index (χ0) is 20.6. The first-order valence-electron chi connectivity index (χ1n) is 9.32. The Hall–Kier alpha value is -2.47. The number of hydrogen-bond donors (Lipinski definition) is 2. The van der Waals surface area contributed by atoms with Crippen LogP contribution in [0.2, 0.25) is 0 Å². The van der Waals surface area contributed by atoms with Gasteiger partial charge in [0.2, 0.25) is 0 Å². The monoisotopic (exact) mass is 418 g/mol. The van der Waals surface area contributed by atoms with Crippen molar-refractivity contribution >= 4 is 25.4 Å². The van der Waals surface area contributed by atoms with Crippen molar-refractivity contribution in [1.29, 1.82) is 0 Å². The lowest BCUT2D eigenvalue weighted by atomic mass is 10.0. The Labute approximate surface area is 170 Å². The van der Waals surface area contributed by atoms with Crippen molar-refractivity contribution in [3.8, 4) is 16.9 Å². The third-order valence-corrected chi connectivity index (χ3v) is 6.50. The highest BCUT2D eigenvalue weighted by atomic mass is 31.1. The van der Waals surface area contributed by atoms with Gasteiger partial charge < -0.3 is 24.2 Å². The quantitative estimate of drug-likeness (QED) is 0.473. The molecule has 0 saturated heterocycles. The van der Waals surface area contributed by atoms with Crippen LogP contribution in [0.1, 0.15) is 6.42 Å². The van der Waals surface area contributed by atoms with Crippen LogP contribution in [0.5, 0.6) is 5.75 Å². The van der Waals surface area contributed by atoms with E-state index >= 15 is 0 Å². The van der Waals surface area contributed by atoms with Crippen LogP contribution in [0.4, 0.5) is 0 Å². The normalized spacial score (nSPS) is 15.4. The van der Waals surface area contributed by atoms with Crippen molar-refractivity contribution in [3.63, 3.8) is 0 Å². The van der Waals surface area contributed by atoms with Gasteiger partial charge in [0, 0.05) is 17.0 Å². The lowest BCUT2D eigenvalue weighted by molar-refractivity contribution is -0.155. The second kappa shape index (κ2) is 10.3. The third-order valence-electron chi connectivity index (χ3n) is 4.38. The largest absolute Gasteiger partial charge is 0.469 e. The first kappa shape index (κ1) is 21.2. The Morgan fingerprint density at radius 1 is 0.931 bits per heavy atom. The van der Waals surface area contributed by atoms with E-state index in [2.05, 4.69) is 0 Å². The summed E-state index contributed by atoms with van der Waals surface area (Å²) in [5.41, 5.74) is 2.04. The summed E-state index contributed by atoms with van der Waals surface area (Å²) in [7, 11) is -1.22. The molecule has 7 nitrogen and oxygen atoms in total. The molecular weight excluding hydrogens is 395 g/mol. The minimum atomic E-state index is -1.22. The van der Waals surface area contributed by atoms with E-state index in [1.165, 1.54) is 0 Å². The van der Waals surface area contributed by atoms with Gasteiger partial charge in [0.15, 0.2) is 0 Å². The molecule has 2 aromatic carbocycles. The summed E-state index contributed by atoms with van der Waals surface area (Å²) in [4.78, 5) is 24.6. The summed E-state index contributed by atoms with van der Waals surface area (Å²) in [6.07, 6.45) is 0.0927. The van der Waals surface area contributed by atoms with Gasteiger partial charge in [-0.25, -0.2) is 0 Å². The maximum Gasteiger partial charge on any atom is 0.310 e. The summed E-state index contributed by atoms with van der Waals surface area (Å²) in [5, 5.41) is 18.8. The van der Waals surface area contributed by atoms with Crippen molar-refractivity contribution in [2.24, 2.45) is 5.92 Å². The fraction of sp³-hybridized carbons (Fsp3) is 0.333. The summed E-state index contributed by atoms with van der Waals surface area (Å²) in [5.74, 6) is -1.21. The van der Waals surface area contributed by atoms with Gasteiger partial charge in [-0.3, -0.25) is 9.59 Å². The number of rotatable bonds is 9. The molecule has 0 spiro atoms. The Kier molecular flexibility index (Phi) is 7.58. The van der Waals surface area contributed by atoms with E-state index in [0.29, 0.717) is 0 Å². The maximum absolute atomic E-state index is 12.5. The van der Waals surface area contributed by atoms with Gasteiger partial charge >= 0.3 is 11.9 Å². The van der Waals surface area contributed by atoms with E-state index in [-0.39, 0.29) is 39.0 Å². The van der Waals surface area contributed by atoms with Gasteiger partial charge in [-0.05, 0) is 11.6 Å². The lowest BCUT2D eigenvalue weighted by Gasteiger charge is -2.30. The Balaban J connectivity index is 1.83. The Morgan fingerprint density at radius 3 is 2.34 bits per heavy atom. The average Bonchev–Trinajstić information content (AvgIpc) is 2.75. The lowest BCUT2D eigenvalue weighted by Crippen LogP contribution is -2.29. The number of fused-ring (bicyclic) bond motifs is 3. The zero-order valence-corrected chi connectivity index (χ0v) is 16.7. The van der Waals surface area contributed by atoms with Gasteiger partial charge in [0.1, 0.15) is 27.1 Å². The van der Waals surface area contributed by atoms with Crippen LogP contribution in [0.25, 0.3) is 11.1 Å². The molecule has 2 unspecified atom stereocenters. The highest BCUT2D eigenvalue weighted by Gasteiger charge is 2.33. The molecule has 29 heavy (non-hydrogen) atoms. The number of hydrogen-bond acceptors (Lipinski definition) is 7. The molecule has 2 atom stereocenters. The molecule has 0 saturated carbocycles. The maximum atomic E-state index is 12.5. The molecule has 154 valence electrons. The Bertz CT molecular complexity index is 854. The van der Waals surface area contributed by atoms with Crippen LogP contribution in [0.3, 0.4) is 0 Å². The first-order chi connectivity index (χ1) is 14.1. The van der Waals surface area contributed by atoms with Crippen LogP contribution >= 0.6 is 8.15 Å². The number of benzene rings is 2. The highest BCUT2D eigenvalue weighted by Crippen LogP contribution is 2.49. The number of esters is 2. The van der Waals surface area contributed by atoms with Crippen LogP contribution in [0, 0.1) is 5.92 Å². The molecule has 2 N–H and O–H groups in total. The number of para-hydroxylation sites is 1. The number of ether oxygens (including phenoxy) is 2. The number of aliphatic hydroxyl groups excluding tert-OH is 2. The van der Waals surface area contributed by atoms with E-state index in [0.717, 1.165) is 22.2 Å². The summed E-state index contributed by atoms with van der Waals surface area (Å²) >= 11 is 0. The summed E-state index contributed by atoms with van der Waals surface area (Å²) in [6.45, 7) is -0.849. The molecule has 8 heteroatoms. The molecule has 0 radical (unpaired) electrons. The minimum Gasteiger partial charge on any atom is -0.469 e. The average molecular weight is 418 g/mol. The van der Waals surface area contributed by atoms with Crippen LogP contribution < -0.4 is 9.83 Å². The SMILES string of the molecule is O=C(CC(CP1Oc2ccccc2-c2ccccc21)C(=O)OCCO)OCCO. The molecule has 0 fully saturated rings. The third kappa shape index (κ3) is 5.32. The second-order valence-corrected chi connectivity index (χ2v) is 8.19. The van der Waals surface area contributed by atoms with E-state index in [1.807, 2.05) is 48.5 Å². The van der Waals surface area contributed by atoms with E-state index in [4.69, 9.17) is 24.2 Å². The number of carbonyl (C=O) groups is 2. The van der Waals surface area contributed by atoms with E-state index in [1.54, 1.807) is 0 Å². The molecule has 0 aliphatic carbocycles. The molecule has 0 bridgehead atoms. The van der Waals surface area contributed by atoms with Gasteiger partial charge in [-0.15, -0.1) is 0 Å². The molecular formula is C21H23O7P. The molecule has 0 amide bonds. The van der Waals surface area contributed by atoms with Gasteiger partial charge in [-0.1, -0.05) is 42.5 Å². The van der Waals surface area contributed by atoms with Crippen molar-refractivity contribution in [2.45, 2.75) is 6.42 Å². The van der Waals surface area contributed by atoms with Crippen molar-refractivity contribution < 1.29 is 33.8 Å². The topological polar surface area (TPSA) is 102 Å². The van der Waals surface area contributed by atoms with Gasteiger partial charge in [-0.2, -0.15) is 0 Å². The second-order valence-electron chi connectivity index (χ2n) is 6.40. The van der Waals surface area contributed by atoms with Gasteiger partial charge in [0.25, 0.3) is 0 Å². The standard InChI is InChI=1S/C21H23O7P/c22-9-11-26-20(24)13-15(21(25)27-12-10-23)14-29-19-8-4-2-6-17(19)16-5-1-3-7-18(16)28-29/h1-8,15,22-23H,9-14H2. The molecule has 1 heterocycles. The summed E-state index contributed by atoms with van der Waals surface area (Å²) in [6, 6.07) is 15.6. The summed E-state index contributed by atoms with van der Waals surface area (Å²) < 4.78 is 16.2. The number of carbonyl (C=O) groups excluding carboxylic acids is 2. The van der Waals surface area contributed by atoms with Gasteiger partial charge in [0.05, 0.1) is 25.6 Å². The molecule has 1 aliphatic heterocycles. The predicted octanol–water partition coefficient (Wildman–Crippen LogP) is 1.85. The van der Waals surface area contributed by atoms with Crippen LogP contribution in [0.15, 0.2) is 48.5 Å². The first-order valence-corrected chi connectivity index (χ1v) is 10.8. The fourth-order valence-corrected chi connectivity index (χ4v) is 5.26. The molecule has 3 rings (SSSR count). The van der Waals surface area contributed by atoms with E-state index < -0.39 is 26.0 Å². The minimum absolute atomic E-state index is 0.126. The highest BCUT2D eigenvalue weighted by molar-refractivity contribution is 7.61. The van der Waals surface area contributed by atoms with Crippen molar-refractivity contribution in [3.05, 3.63) is 48.5 Å². The van der Waals surface area contributed by atoms with Crippen molar-refractivity contribution in [1.82, 2.24) is 0 Å². The number of aliphatic hydroxyl groups is 2. The van der Waals surface area contributed by atoms with E-state index in [9.17, 15) is 9.59 Å². The molecule has 2 aromatic rings. The fourth-order valence-electron chi connectivity index (χ4n) is 3.10. The zero-order valence-electron chi connectivity index (χ0n) is 15.8. The Morgan fingerprint density at radius 2 is 1.59 bits per heavy atom. The van der Waals surface area contributed by atoms with Crippen molar-refractivity contribution in [2.75, 3.05) is 32.6 Å². The van der Waals surface area contributed by atoms with Crippen LogP contribution in [-0.4, -0.2) is 54.7 Å². The van der Waals surface area contributed by atoms with Crippen LogP contribution in [-0.2, 0) is 19.1 Å².